The summed E-state index contributed by atoms with van der Waals surface area (Å²) in [5, 5.41) is 3.40. The first-order valence-corrected chi connectivity index (χ1v) is 9.97. The van der Waals surface area contributed by atoms with Crippen molar-refractivity contribution in [3.8, 4) is 0 Å². The molecule has 1 aromatic carbocycles. The lowest BCUT2D eigenvalue weighted by Gasteiger charge is -2.38. The van der Waals surface area contributed by atoms with Crippen molar-refractivity contribution in [2.45, 2.75) is 11.8 Å². The van der Waals surface area contributed by atoms with E-state index in [-0.39, 0.29) is 34.2 Å². The standard InChI is InChI=1S/C16H22ClN3O3S.ClH/c1-12(13-10-18-11-13)16(21)19-6-8-20(9-7-19)24(22,23)15-5-3-2-4-14(15)17;/h2-5,12-13,18H,6-11H2,1H3;1H. The molecule has 0 saturated carbocycles. The van der Waals surface area contributed by atoms with Gasteiger partial charge in [-0.15, -0.1) is 12.4 Å². The van der Waals surface area contributed by atoms with E-state index in [1.807, 2.05) is 6.92 Å². The number of carbonyl (C=O) groups is 1. The lowest BCUT2D eigenvalue weighted by atomic mass is 9.88. The molecule has 3 rings (SSSR count). The Hall–Kier alpha value is -0.860. The van der Waals surface area contributed by atoms with Gasteiger partial charge in [0.2, 0.25) is 15.9 Å². The lowest BCUT2D eigenvalue weighted by Crippen LogP contribution is -2.55. The molecule has 1 unspecified atom stereocenters. The van der Waals surface area contributed by atoms with E-state index < -0.39 is 10.0 Å². The number of benzene rings is 1. The number of hydrogen-bond donors (Lipinski definition) is 1. The number of rotatable bonds is 4. The zero-order valence-corrected chi connectivity index (χ0v) is 16.4. The van der Waals surface area contributed by atoms with Gasteiger partial charge in [-0.25, -0.2) is 8.42 Å². The first-order valence-electron chi connectivity index (χ1n) is 8.15. The molecular weight excluding hydrogens is 385 g/mol. The summed E-state index contributed by atoms with van der Waals surface area (Å²) in [5.41, 5.74) is 0. The summed E-state index contributed by atoms with van der Waals surface area (Å²) in [6.45, 7) is 5.17. The van der Waals surface area contributed by atoms with Crippen molar-refractivity contribution < 1.29 is 13.2 Å². The number of halogens is 2. The molecule has 2 saturated heterocycles. The summed E-state index contributed by atoms with van der Waals surface area (Å²) in [7, 11) is -3.62. The minimum absolute atomic E-state index is 0. The van der Waals surface area contributed by atoms with Crippen molar-refractivity contribution >= 4 is 39.9 Å². The van der Waals surface area contributed by atoms with Gasteiger partial charge in [0.1, 0.15) is 4.90 Å². The lowest BCUT2D eigenvalue weighted by molar-refractivity contribution is -0.138. The molecule has 1 amide bonds. The van der Waals surface area contributed by atoms with Gasteiger partial charge in [0.05, 0.1) is 5.02 Å². The highest BCUT2D eigenvalue weighted by Crippen LogP contribution is 2.26. The smallest absolute Gasteiger partial charge is 0.244 e. The summed E-state index contributed by atoms with van der Waals surface area (Å²) in [6.07, 6.45) is 0. The van der Waals surface area contributed by atoms with Gasteiger partial charge in [-0.05, 0) is 31.1 Å². The number of nitrogens with one attached hydrogen (secondary N) is 1. The molecule has 6 nitrogen and oxygen atoms in total. The van der Waals surface area contributed by atoms with Crippen molar-refractivity contribution in [2.75, 3.05) is 39.3 Å². The van der Waals surface area contributed by atoms with Gasteiger partial charge in [0.15, 0.2) is 0 Å². The van der Waals surface area contributed by atoms with E-state index >= 15 is 0 Å². The second-order valence-corrected chi connectivity index (χ2v) is 8.68. The second kappa shape index (κ2) is 8.22. The molecule has 0 aromatic heterocycles. The Morgan fingerprint density at radius 3 is 2.32 bits per heavy atom. The van der Waals surface area contributed by atoms with Gasteiger partial charge in [0, 0.05) is 32.1 Å². The molecule has 140 valence electrons. The van der Waals surface area contributed by atoms with Crippen molar-refractivity contribution in [1.82, 2.24) is 14.5 Å². The minimum Gasteiger partial charge on any atom is -0.340 e. The van der Waals surface area contributed by atoms with Crippen LogP contribution in [0.1, 0.15) is 6.92 Å². The largest absolute Gasteiger partial charge is 0.340 e. The normalized spacial score (nSPS) is 20.5. The van der Waals surface area contributed by atoms with Gasteiger partial charge in [-0.3, -0.25) is 4.79 Å². The van der Waals surface area contributed by atoms with Crippen LogP contribution in [0.5, 0.6) is 0 Å². The number of sulfonamides is 1. The van der Waals surface area contributed by atoms with Gasteiger partial charge < -0.3 is 10.2 Å². The second-order valence-electron chi connectivity index (χ2n) is 6.37. The maximum Gasteiger partial charge on any atom is 0.244 e. The average Bonchev–Trinajstić information content (AvgIpc) is 2.53. The monoisotopic (exact) mass is 407 g/mol. The van der Waals surface area contributed by atoms with E-state index in [1.165, 1.54) is 10.4 Å². The van der Waals surface area contributed by atoms with Crippen LogP contribution in [0.4, 0.5) is 0 Å². The van der Waals surface area contributed by atoms with E-state index in [1.54, 1.807) is 23.1 Å². The van der Waals surface area contributed by atoms with Crippen molar-refractivity contribution in [3.63, 3.8) is 0 Å². The SMILES string of the molecule is CC(C(=O)N1CCN(S(=O)(=O)c2ccccc2Cl)CC1)C1CNC1.Cl. The fraction of sp³-hybridized carbons (Fsp3) is 0.562. The van der Waals surface area contributed by atoms with E-state index in [2.05, 4.69) is 5.32 Å². The maximum absolute atomic E-state index is 12.7. The Morgan fingerprint density at radius 2 is 1.80 bits per heavy atom. The van der Waals surface area contributed by atoms with Crippen LogP contribution in [0.25, 0.3) is 0 Å². The van der Waals surface area contributed by atoms with Crippen molar-refractivity contribution in [1.29, 1.82) is 0 Å². The first kappa shape index (κ1) is 20.5. The maximum atomic E-state index is 12.7. The molecule has 1 N–H and O–H groups in total. The molecule has 0 spiro atoms. The van der Waals surface area contributed by atoms with Crippen LogP contribution in [0.3, 0.4) is 0 Å². The first-order chi connectivity index (χ1) is 11.4. The number of amides is 1. The highest BCUT2D eigenvalue weighted by molar-refractivity contribution is 7.89. The fourth-order valence-corrected chi connectivity index (χ4v) is 5.01. The summed E-state index contributed by atoms with van der Waals surface area (Å²) in [5.74, 6) is 0.497. The molecular formula is C16H23Cl2N3O3S. The van der Waals surface area contributed by atoms with E-state index in [9.17, 15) is 13.2 Å². The highest BCUT2D eigenvalue weighted by atomic mass is 35.5. The zero-order chi connectivity index (χ0) is 17.3. The molecule has 9 heteroatoms. The topological polar surface area (TPSA) is 69.7 Å². The quantitative estimate of drug-likeness (QED) is 0.819. The third-order valence-electron chi connectivity index (χ3n) is 4.91. The number of hydrogen-bond acceptors (Lipinski definition) is 4. The van der Waals surface area contributed by atoms with Crippen LogP contribution in [0.2, 0.25) is 5.02 Å². The summed E-state index contributed by atoms with van der Waals surface area (Å²) >= 11 is 6.03. The molecule has 2 aliphatic heterocycles. The summed E-state index contributed by atoms with van der Waals surface area (Å²) < 4.78 is 26.8. The molecule has 2 fully saturated rings. The van der Waals surface area contributed by atoms with Gasteiger partial charge in [-0.2, -0.15) is 4.31 Å². The predicted octanol–water partition coefficient (Wildman–Crippen LogP) is 1.45. The van der Waals surface area contributed by atoms with Gasteiger partial charge >= 0.3 is 0 Å². The molecule has 0 aliphatic carbocycles. The number of carbonyl (C=O) groups excluding carboxylic acids is 1. The van der Waals surface area contributed by atoms with Gasteiger partial charge in [0.25, 0.3) is 0 Å². The Kier molecular flexibility index (Phi) is 6.73. The molecule has 2 aliphatic rings. The predicted molar refractivity (Wildman–Crippen MR) is 99.6 cm³/mol. The van der Waals surface area contributed by atoms with E-state index in [0.29, 0.717) is 32.1 Å². The van der Waals surface area contributed by atoms with Crippen LogP contribution in [0, 0.1) is 11.8 Å². The molecule has 0 radical (unpaired) electrons. The fourth-order valence-electron chi connectivity index (χ4n) is 3.10. The molecule has 2 heterocycles. The Balaban J connectivity index is 0.00000225. The van der Waals surface area contributed by atoms with E-state index in [0.717, 1.165) is 13.1 Å². The van der Waals surface area contributed by atoms with Crippen LogP contribution in [-0.4, -0.2) is 62.8 Å². The van der Waals surface area contributed by atoms with Crippen molar-refractivity contribution in [3.05, 3.63) is 29.3 Å². The van der Waals surface area contributed by atoms with Crippen LogP contribution < -0.4 is 5.32 Å². The Morgan fingerprint density at radius 1 is 1.20 bits per heavy atom. The Labute approximate surface area is 160 Å². The molecule has 25 heavy (non-hydrogen) atoms. The number of piperazine rings is 1. The van der Waals surface area contributed by atoms with Crippen molar-refractivity contribution in [2.24, 2.45) is 11.8 Å². The summed E-state index contributed by atoms with van der Waals surface area (Å²) in [6, 6.07) is 6.45. The molecule has 1 atom stereocenters. The minimum atomic E-state index is -3.62. The Bertz CT molecular complexity index is 717. The molecule has 0 bridgehead atoms. The number of nitrogens with zero attached hydrogens (tertiary/aromatic N) is 2. The summed E-state index contributed by atoms with van der Waals surface area (Å²) in [4.78, 5) is 14.4. The third kappa shape index (κ3) is 4.11. The van der Waals surface area contributed by atoms with Crippen LogP contribution in [0.15, 0.2) is 29.2 Å². The van der Waals surface area contributed by atoms with E-state index in [4.69, 9.17) is 11.6 Å². The molecule has 1 aromatic rings. The average molecular weight is 408 g/mol. The van der Waals surface area contributed by atoms with Crippen LogP contribution >= 0.6 is 24.0 Å². The highest BCUT2D eigenvalue weighted by Gasteiger charge is 2.35. The van der Waals surface area contributed by atoms with Gasteiger partial charge in [-0.1, -0.05) is 30.7 Å². The third-order valence-corrected chi connectivity index (χ3v) is 7.31. The van der Waals surface area contributed by atoms with Crippen LogP contribution in [-0.2, 0) is 14.8 Å². The zero-order valence-electron chi connectivity index (χ0n) is 14.0.